The lowest BCUT2D eigenvalue weighted by molar-refractivity contribution is 0.167. The Bertz CT molecular complexity index is 249. The van der Waals surface area contributed by atoms with E-state index in [0.29, 0.717) is 6.04 Å². The largest absolute Gasteiger partial charge is 0.312 e. The Morgan fingerprint density at radius 1 is 1.41 bits per heavy atom. The fourth-order valence-corrected chi connectivity index (χ4v) is 3.08. The molecule has 2 aliphatic rings. The summed E-state index contributed by atoms with van der Waals surface area (Å²) in [5.41, 5.74) is 0. The van der Waals surface area contributed by atoms with Crippen LogP contribution in [0.1, 0.15) is 46.0 Å². The van der Waals surface area contributed by atoms with Crippen LogP contribution in [0.3, 0.4) is 0 Å². The van der Waals surface area contributed by atoms with Crippen molar-refractivity contribution < 1.29 is 0 Å². The summed E-state index contributed by atoms with van der Waals surface area (Å²) in [6.45, 7) is 8.45. The maximum absolute atomic E-state index is 3.74. The monoisotopic (exact) mass is 236 g/mol. The lowest BCUT2D eigenvalue weighted by atomic mass is 9.96. The molecule has 0 spiro atoms. The van der Waals surface area contributed by atoms with Crippen LogP contribution in [0.4, 0.5) is 0 Å². The summed E-state index contributed by atoms with van der Waals surface area (Å²) in [5.74, 6) is 0.801. The molecular formula is C15H28N2. The molecule has 2 rings (SSSR count). The molecule has 3 unspecified atom stereocenters. The first-order valence-corrected chi connectivity index (χ1v) is 7.43. The maximum Gasteiger partial charge on any atom is 0.0220 e. The van der Waals surface area contributed by atoms with Gasteiger partial charge in [0.2, 0.25) is 0 Å². The molecule has 0 bridgehead atoms. The van der Waals surface area contributed by atoms with E-state index in [-0.39, 0.29) is 0 Å². The van der Waals surface area contributed by atoms with E-state index in [0.717, 1.165) is 12.0 Å². The number of allylic oxidation sites excluding steroid dienone is 1. The van der Waals surface area contributed by atoms with Crippen LogP contribution in [0, 0.1) is 5.92 Å². The third-order valence-corrected chi connectivity index (χ3v) is 4.55. The summed E-state index contributed by atoms with van der Waals surface area (Å²) in [6.07, 6.45) is 11.2. The van der Waals surface area contributed by atoms with E-state index in [2.05, 4.69) is 36.2 Å². The van der Waals surface area contributed by atoms with Gasteiger partial charge in [0.1, 0.15) is 0 Å². The molecule has 0 saturated carbocycles. The molecule has 0 aromatic carbocycles. The minimum Gasteiger partial charge on any atom is -0.312 e. The first kappa shape index (κ1) is 13.1. The molecule has 1 fully saturated rings. The minimum atomic E-state index is 0.702. The molecule has 0 radical (unpaired) electrons. The minimum absolute atomic E-state index is 0.702. The van der Waals surface area contributed by atoms with Gasteiger partial charge >= 0.3 is 0 Å². The van der Waals surface area contributed by atoms with Crippen molar-refractivity contribution in [3.8, 4) is 0 Å². The van der Waals surface area contributed by atoms with Gasteiger partial charge in [-0.05, 0) is 44.7 Å². The average molecular weight is 236 g/mol. The van der Waals surface area contributed by atoms with Gasteiger partial charge in [0, 0.05) is 18.6 Å². The predicted molar refractivity (Wildman–Crippen MR) is 74.2 cm³/mol. The van der Waals surface area contributed by atoms with Crippen LogP contribution in [0.25, 0.3) is 0 Å². The van der Waals surface area contributed by atoms with Gasteiger partial charge in [-0.3, -0.25) is 4.90 Å². The third-order valence-electron chi connectivity index (χ3n) is 4.55. The fourth-order valence-electron chi connectivity index (χ4n) is 3.08. The van der Waals surface area contributed by atoms with E-state index in [4.69, 9.17) is 0 Å². The van der Waals surface area contributed by atoms with Crippen LogP contribution in [0.5, 0.6) is 0 Å². The van der Waals surface area contributed by atoms with E-state index in [9.17, 15) is 0 Å². The zero-order valence-electron chi connectivity index (χ0n) is 11.5. The van der Waals surface area contributed by atoms with Crippen LogP contribution in [-0.4, -0.2) is 36.6 Å². The Morgan fingerprint density at radius 2 is 2.29 bits per heavy atom. The van der Waals surface area contributed by atoms with E-state index in [1.54, 1.807) is 0 Å². The van der Waals surface area contributed by atoms with Crippen molar-refractivity contribution in [2.24, 2.45) is 5.92 Å². The Morgan fingerprint density at radius 3 is 3.00 bits per heavy atom. The highest BCUT2D eigenvalue weighted by Crippen LogP contribution is 2.21. The van der Waals surface area contributed by atoms with Crippen LogP contribution in [-0.2, 0) is 0 Å². The first-order valence-electron chi connectivity index (χ1n) is 7.43. The van der Waals surface area contributed by atoms with Crippen LogP contribution >= 0.6 is 0 Å². The number of nitrogens with zero attached hydrogens (tertiary/aromatic N) is 1. The van der Waals surface area contributed by atoms with Crippen molar-refractivity contribution in [3.05, 3.63) is 12.2 Å². The van der Waals surface area contributed by atoms with Crippen molar-refractivity contribution >= 4 is 0 Å². The standard InChI is InChI=1S/C15H28N2/c1-3-13(2)15-12-17(11-7-10-16-15)14-8-5-4-6-9-14/h4-5,13-16H,3,6-12H2,1-2H3. The molecule has 3 atom stereocenters. The van der Waals surface area contributed by atoms with Gasteiger partial charge in [-0.1, -0.05) is 32.4 Å². The number of hydrogen-bond donors (Lipinski definition) is 1. The van der Waals surface area contributed by atoms with Gasteiger partial charge in [0.05, 0.1) is 0 Å². The summed E-state index contributed by atoms with van der Waals surface area (Å²) in [5, 5.41) is 3.74. The van der Waals surface area contributed by atoms with E-state index >= 15 is 0 Å². The second kappa shape index (κ2) is 6.55. The normalized spacial score (nSPS) is 33.3. The second-order valence-electron chi connectivity index (χ2n) is 5.73. The highest BCUT2D eigenvalue weighted by molar-refractivity contribution is 4.95. The Balaban J connectivity index is 1.94. The van der Waals surface area contributed by atoms with Crippen LogP contribution in [0.15, 0.2) is 12.2 Å². The van der Waals surface area contributed by atoms with E-state index in [1.807, 2.05) is 0 Å². The highest BCUT2D eigenvalue weighted by Gasteiger charge is 2.26. The summed E-state index contributed by atoms with van der Waals surface area (Å²) >= 11 is 0. The Hall–Kier alpha value is -0.340. The van der Waals surface area contributed by atoms with Gasteiger partial charge in [-0.25, -0.2) is 0 Å². The zero-order chi connectivity index (χ0) is 12.1. The van der Waals surface area contributed by atoms with Crippen LogP contribution in [0.2, 0.25) is 0 Å². The van der Waals surface area contributed by atoms with Gasteiger partial charge in [0.15, 0.2) is 0 Å². The van der Waals surface area contributed by atoms with Gasteiger partial charge < -0.3 is 5.32 Å². The Kier molecular flexibility index (Phi) is 5.05. The van der Waals surface area contributed by atoms with E-state index < -0.39 is 0 Å². The summed E-state index contributed by atoms with van der Waals surface area (Å²) in [7, 11) is 0. The molecule has 1 aliphatic carbocycles. The van der Waals surface area contributed by atoms with Gasteiger partial charge in [0.25, 0.3) is 0 Å². The maximum atomic E-state index is 3.74. The molecule has 2 nitrogen and oxygen atoms in total. The van der Waals surface area contributed by atoms with Crippen molar-refractivity contribution in [1.82, 2.24) is 10.2 Å². The lowest BCUT2D eigenvalue weighted by Gasteiger charge is -2.34. The number of rotatable bonds is 3. The number of hydrogen-bond acceptors (Lipinski definition) is 2. The molecule has 0 aromatic heterocycles. The summed E-state index contributed by atoms with van der Waals surface area (Å²) in [4.78, 5) is 2.75. The third kappa shape index (κ3) is 3.56. The topological polar surface area (TPSA) is 15.3 Å². The summed E-state index contributed by atoms with van der Waals surface area (Å²) in [6, 6.07) is 1.51. The lowest BCUT2D eigenvalue weighted by Crippen LogP contribution is -2.45. The fraction of sp³-hybridized carbons (Fsp3) is 0.867. The van der Waals surface area contributed by atoms with Crippen molar-refractivity contribution in [1.29, 1.82) is 0 Å². The molecule has 1 saturated heterocycles. The van der Waals surface area contributed by atoms with Crippen molar-refractivity contribution in [2.75, 3.05) is 19.6 Å². The van der Waals surface area contributed by atoms with Crippen molar-refractivity contribution in [3.63, 3.8) is 0 Å². The van der Waals surface area contributed by atoms with E-state index in [1.165, 1.54) is 51.7 Å². The molecule has 17 heavy (non-hydrogen) atoms. The zero-order valence-corrected chi connectivity index (χ0v) is 11.5. The van der Waals surface area contributed by atoms with Gasteiger partial charge in [-0.15, -0.1) is 0 Å². The molecule has 0 amide bonds. The highest BCUT2D eigenvalue weighted by atomic mass is 15.2. The van der Waals surface area contributed by atoms with Crippen molar-refractivity contribution in [2.45, 2.75) is 58.0 Å². The molecule has 98 valence electrons. The first-order chi connectivity index (χ1) is 8.31. The Labute approximate surface area is 106 Å². The average Bonchev–Trinajstić information content (AvgIpc) is 2.64. The quantitative estimate of drug-likeness (QED) is 0.758. The molecule has 2 heteroatoms. The molecular weight excluding hydrogens is 208 g/mol. The molecule has 1 aliphatic heterocycles. The predicted octanol–water partition coefficient (Wildman–Crippen LogP) is 2.81. The van der Waals surface area contributed by atoms with Crippen LogP contribution < -0.4 is 5.32 Å². The second-order valence-corrected chi connectivity index (χ2v) is 5.73. The molecule has 0 aromatic rings. The number of nitrogens with one attached hydrogen (secondary N) is 1. The SMILES string of the molecule is CCC(C)C1CN(C2CC=CCC2)CCCN1. The molecule has 1 N–H and O–H groups in total. The smallest absolute Gasteiger partial charge is 0.0220 e. The molecule has 1 heterocycles. The summed E-state index contributed by atoms with van der Waals surface area (Å²) < 4.78 is 0. The van der Waals surface area contributed by atoms with Gasteiger partial charge in [-0.2, -0.15) is 0 Å².